The van der Waals surface area contributed by atoms with Gasteiger partial charge in [-0.2, -0.15) is 0 Å². The Morgan fingerprint density at radius 2 is 1.75 bits per heavy atom. The molecule has 7 nitrogen and oxygen atoms in total. The van der Waals surface area contributed by atoms with Gasteiger partial charge in [-0.05, 0) is 82.4 Å². The topological polar surface area (TPSA) is 77.6 Å². The summed E-state index contributed by atoms with van der Waals surface area (Å²) < 4.78 is 0. The van der Waals surface area contributed by atoms with Crippen LogP contribution in [0.1, 0.15) is 74.7 Å². The van der Waals surface area contributed by atoms with Crippen molar-refractivity contribution in [2.45, 2.75) is 71.4 Å². The number of pyridine rings is 1. The van der Waals surface area contributed by atoms with Gasteiger partial charge in [-0.3, -0.25) is 14.5 Å². The molecule has 1 aliphatic heterocycles. The highest BCUT2D eigenvalue weighted by Gasteiger charge is 2.27. The number of benzene rings is 1. The molecule has 1 aliphatic carbocycles. The van der Waals surface area contributed by atoms with Gasteiger partial charge < -0.3 is 15.5 Å². The highest BCUT2D eigenvalue weighted by molar-refractivity contribution is 6.04. The van der Waals surface area contributed by atoms with Crippen LogP contribution in [0.15, 0.2) is 42.6 Å². The highest BCUT2D eigenvalue weighted by Crippen LogP contribution is 2.23. The molecule has 2 aromatic rings. The number of carbonyl (C=O) groups is 2. The van der Waals surface area contributed by atoms with E-state index in [1.165, 1.54) is 19.3 Å². The molecule has 2 heterocycles. The lowest BCUT2D eigenvalue weighted by molar-refractivity contribution is -0.127. The molecule has 2 amide bonds. The van der Waals surface area contributed by atoms with Crippen LogP contribution in [-0.2, 0) is 11.3 Å². The molecule has 1 aromatic heterocycles. The standard InChI is InChI=1S/C29H41N5O2/c1-3-34(4-2)27-14-13-24(20-30-27)29(36)32-26-12-8-9-22(19-26)21-33-17-15-23(16-18-33)28(35)31-25-10-6-5-7-11-25/h8-9,12-14,19-20,23,25H,3-7,10-11,15-18,21H2,1-2H3,(H,31,35)(H,32,36). The highest BCUT2D eigenvalue weighted by atomic mass is 16.2. The molecule has 36 heavy (non-hydrogen) atoms. The summed E-state index contributed by atoms with van der Waals surface area (Å²) >= 11 is 0. The van der Waals surface area contributed by atoms with Crippen LogP contribution in [-0.4, -0.2) is 53.9 Å². The molecule has 0 radical (unpaired) electrons. The molecule has 0 bridgehead atoms. The van der Waals surface area contributed by atoms with Gasteiger partial charge in [0, 0.05) is 43.5 Å². The normalized spacial score (nSPS) is 17.5. The zero-order chi connectivity index (χ0) is 25.3. The first-order valence-corrected chi connectivity index (χ1v) is 13.7. The van der Waals surface area contributed by atoms with Crippen molar-refractivity contribution in [3.05, 3.63) is 53.7 Å². The fourth-order valence-electron chi connectivity index (χ4n) is 5.38. The SMILES string of the molecule is CCN(CC)c1ccc(C(=O)Nc2cccc(CN3CCC(C(=O)NC4CCCCC4)CC3)c2)cn1. The number of piperidine rings is 1. The second kappa shape index (κ2) is 12.9. The average Bonchev–Trinajstić information content (AvgIpc) is 2.91. The maximum absolute atomic E-state index is 12.8. The van der Waals surface area contributed by atoms with E-state index in [-0.39, 0.29) is 17.7 Å². The Bertz CT molecular complexity index is 991. The molecule has 4 rings (SSSR count). The molecule has 0 spiro atoms. The van der Waals surface area contributed by atoms with E-state index in [1.54, 1.807) is 6.20 Å². The van der Waals surface area contributed by atoms with Crippen molar-refractivity contribution in [3.8, 4) is 0 Å². The Balaban J connectivity index is 1.26. The maximum atomic E-state index is 12.8. The molecule has 0 atom stereocenters. The molecular weight excluding hydrogens is 450 g/mol. The lowest BCUT2D eigenvalue weighted by atomic mass is 9.92. The molecule has 0 unspecified atom stereocenters. The average molecular weight is 492 g/mol. The van der Waals surface area contributed by atoms with Gasteiger partial charge in [-0.1, -0.05) is 31.4 Å². The summed E-state index contributed by atoms with van der Waals surface area (Å²) in [6.45, 7) is 8.61. The van der Waals surface area contributed by atoms with E-state index in [2.05, 4.69) is 45.3 Å². The van der Waals surface area contributed by atoms with Crippen molar-refractivity contribution < 1.29 is 9.59 Å². The van der Waals surface area contributed by atoms with E-state index in [1.807, 2.05) is 30.3 Å². The number of nitrogens with one attached hydrogen (secondary N) is 2. The Kier molecular flexibility index (Phi) is 9.34. The van der Waals surface area contributed by atoms with Gasteiger partial charge in [0.05, 0.1) is 5.56 Å². The van der Waals surface area contributed by atoms with Crippen LogP contribution in [0.3, 0.4) is 0 Å². The minimum absolute atomic E-state index is 0.135. The molecule has 2 aliphatic rings. The second-order valence-electron chi connectivity index (χ2n) is 10.1. The minimum atomic E-state index is -0.157. The van der Waals surface area contributed by atoms with Gasteiger partial charge in [-0.25, -0.2) is 4.98 Å². The number of anilines is 2. The number of hydrogen-bond donors (Lipinski definition) is 2. The third kappa shape index (κ3) is 7.06. The zero-order valence-electron chi connectivity index (χ0n) is 21.8. The van der Waals surface area contributed by atoms with Crippen LogP contribution in [0, 0.1) is 5.92 Å². The smallest absolute Gasteiger partial charge is 0.257 e. The number of rotatable bonds is 9. The fourth-order valence-corrected chi connectivity index (χ4v) is 5.38. The number of nitrogens with zero attached hydrogens (tertiary/aromatic N) is 3. The Morgan fingerprint density at radius 1 is 1.00 bits per heavy atom. The van der Waals surface area contributed by atoms with Crippen LogP contribution in [0.2, 0.25) is 0 Å². The van der Waals surface area contributed by atoms with Gasteiger partial charge in [-0.15, -0.1) is 0 Å². The molecule has 1 aromatic carbocycles. The van der Waals surface area contributed by atoms with E-state index < -0.39 is 0 Å². The summed E-state index contributed by atoms with van der Waals surface area (Å²) in [4.78, 5) is 34.5. The van der Waals surface area contributed by atoms with Crippen molar-refractivity contribution in [1.29, 1.82) is 0 Å². The molecular formula is C29H41N5O2. The summed E-state index contributed by atoms with van der Waals surface area (Å²) in [6.07, 6.45) is 9.51. The predicted molar refractivity (Wildman–Crippen MR) is 145 cm³/mol. The summed E-state index contributed by atoms with van der Waals surface area (Å²) in [5.41, 5.74) is 2.49. The first-order valence-electron chi connectivity index (χ1n) is 13.7. The van der Waals surface area contributed by atoms with E-state index in [0.717, 1.165) is 75.5 Å². The van der Waals surface area contributed by atoms with Crippen LogP contribution in [0.25, 0.3) is 0 Å². The van der Waals surface area contributed by atoms with Gasteiger partial charge in [0.2, 0.25) is 5.91 Å². The Labute approximate surface area is 215 Å². The zero-order valence-corrected chi connectivity index (χ0v) is 21.8. The van der Waals surface area contributed by atoms with Crippen LogP contribution < -0.4 is 15.5 Å². The summed E-state index contributed by atoms with van der Waals surface area (Å²) in [5.74, 6) is 1.12. The van der Waals surface area contributed by atoms with Gasteiger partial charge >= 0.3 is 0 Å². The summed E-state index contributed by atoms with van der Waals surface area (Å²) in [6, 6.07) is 12.2. The van der Waals surface area contributed by atoms with Crippen LogP contribution in [0.4, 0.5) is 11.5 Å². The molecule has 7 heteroatoms. The maximum Gasteiger partial charge on any atom is 0.257 e. The minimum Gasteiger partial charge on any atom is -0.357 e. The van der Waals surface area contributed by atoms with Gasteiger partial charge in [0.15, 0.2) is 0 Å². The van der Waals surface area contributed by atoms with Crippen molar-refractivity contribution in [2.24, 2.45) is 5.92 Å². The second-order valence-corrected chi connectivity index (χ2v) is 10.1. The van der Waals surface area contributed by atoms with Gasteiger partial charge in [0.25, 0.3) is 5.91 Å². The van der Waals surface area contributed by atoms with E-state index in [9.17, 15) is 9.59 Å². The third-order valence-electron chi connectivity index (χ3n) is 7.60. The Hall–Kier alpha value is -2.93. The number of aromatic nitrogens is 1. The number of amides is 2. The van der Waals surface area contributed by atoms with E-state index in [4.69, 9.17) is 0 Å². The fraction of sp³-hybridized carbons (Fsp3) is 0.552. The first-order chi connectivity index (χ1) is 17.6. The lowest BCUT2D eigenvalue weighted by Crippen LogP contribution is -2.44. The Morgan fingerprint density at radius 3 is 2.42 bits per heavy atom. The van der Waals surface area contributed by atoms with Crippen molar-refractivity contribution in [3.63, 3.8) is 0 Å². The van der Waals surface area contributed by atoms with E-state index in [0.29, 0.717) is 11.6 Å². The number of carbonyl (C=O) groups excluding carboxylic acids is 2. The molecule has 2 N–H and O–H groups in total. The predicted octanol–water partition coefficient (Wildman–Crippen LogP) is 4.84. The summed E-state index contributed by atoms with van der Waals surface area (Å²) in [7, 11) is 0. The molecule has 1 saturated carbocycles. The van der Waals surface area contributed by atoms with Crippen LogP contribution >= 0.6 is 0 Å². The number of hydrogen-bond acceptors (Lipinski definition) is 5. The van der Waals surface area contributed by atoms with Crippen molar-refractivity contribution in [1.82, 2.24) is 15.2 Å². The van der Waals surface area contributed by atoms with Gasteiger partial charge in [0.1, 0.15) is 5.82 Å². The first kappa shape index (κ1) is 26.1. The summed E-state index contributed by atoms with van der Waals surface area (Å²) in [5, 5.41) is 6.31. The molecule has 2 fully saturated rings. The molecule has 194 valence electrons. The lowest BCUT2D eigenvalue weighted by Gasteiger charge is -2.32. The third-order valence-corrected chi connectivity index (χ3v) is 7.60. The van der Waals surface area contributed by atoms with Crippen LogP contribution in [0.5, 0.6) is 0 Å². The largest absolute Gasteiger partial charge is 0.357 e. The van der Waals surface area contributed by atoms with Crippen molar-refractivity contribution in [2.75, 3.05) is 36.4 Å². The number of likely N-dealkylation sites (tertiary alicyclic amines) is 1. The molecule has 1 saturated heterocycles. The monoisotopic (exact) mass is 491 g/mol. The quantitative estimate of drug-likeness (QED) is 0.525. The van der Waals surface area contributed by atoms with E-state index >= 15 is 0 Å². The van der Waals surface area contributed by atoms with Crippen molar-refractivity contribution >= 4 is 23.3 Å².